The molecule has 0 amide bonds. The number of nitrogens with one attached hydrogen (secondary N) is 1. The van der Waals surface area contributed by atoms with E-state index in [2.05, 4.69) is 20.4 Å². The third kappa shape index (κ3) is 3.31. The summed E-state index contributed by atoms with van der Waals surface area (Å²) >= 11 is 0. The normalized spacial score (nSPS) is 11.7. The van der Waals surface area contributed by atoms with Gasteiger partial charge < -0.3 is 4.74 Å². The fraction of sp³-hybridized carbons (Fsp3) is 0.0556. The van der Waals surface area contributed by atoms with Gasteiger partial charge >= 0.3 is 6.18 Å². The molecule has 0 atom stereocenters. The summed E-state index contributed by atoms with van der Waals surface area (Å²) in [5.74, 6) is -0.248. The van der Waals surface area contributed by atoms with Gasteiger partial charge in [0.15, 0.2) is 5.82 Å². The second-order valence-electron chi connectivity index (χ2n) is 5.64. The number of H-pyrrole nitrogens is 1. The first-order valence-electron chi connectivity index (χ1n) is 7.72. The van der Waals surface area contributed by atoms with Crippen molar-refractivity contribution in [1.29, 1.82) is 0 Å². The summed E-state index contributed by atoms with van der Waals surface area (Å²) < 4.78 is 57.8. The number of hydrogen-bond donors (Lipinski definition) is 1. The van der Waals surface area contributed by atoms with Crippen LogP contribution in [0.1, 0.15) is 5.56 Å². The molecular weight excluding hydrogens is 364 g/mol. The molecule has 2 aromatic carbocycles. The average molecular weight is 374 g/mol. The lowest BCUT2D eigenvalue weighted by Crippen LogP contribution is -2.04. The van der Waals surface area contributed by atoms with Crippen LogP contribution in [0.15, 0.2) is 54.7 Å². The number of ether oxygens (including phenoxy) is 1. The second-order valence-corrected chi connectivity index (χ2v) is 5.64. The van der Waals surface area contributed by atoms with Crippen LogP contribution in [0.4, 0.5) is 17.6 Å². The fourth-order valence-corrected chi connectivity index (χ4v) is 2.58. The molecule has 27 heavy (non-hydrogen) atoms. The van der Waals surface area contributed by atoms with Crippen LogP contribution < -0.4 is 4.74 Å². The van der Waals surface area contributed by atoms with Gasteiger partial charge in [-0.15, -0.1) is 5.10 Å². The Labute approximate surface area is 149 Å². The van der Waals surface area contributed by atoms with Gasteiger partial charge in [0, 0.05) is 11.8 Å². The Bertz CT molecular complexity index is 1110. The van der Waals surface area contributed by atoms with Crippen LogP contribution in [0.25, 0.3) is 22.2 Å². The van der Waals surface area contributed by atoms with Crippen LogP contribution in [0.3, 0.4) is 0 Å². The maximum atomic E-state index is 14.2. The van der Waals surface area contributed by atoms with E-state index in [9.17, 15) is 17.6 Å². The molecule has 0 spiro atoms. The van der Waals surface area contributed by atoms with E-state index in [1.807, 2.05) is 0 Å². The molecule has 0 unspecified atom stereocenters. The summed E-state index contributed by atoms with van der Waals surface area (Å²) in [6.45, 7) is 0. The van der Waals surface area contributed by atoms with E-state index in [-0.39, 0.29) is 17.1 Å². The highest BCUT2D eigenvalue weighted by Crippen LogP contribution is 2.35. The zero-order chi connectivity index (χ0) is 19.0. The first-order valence-corrected chi connectivity index (χ1v) is 7.72. The molecule has 0 radical (unpaired) electrons. The quantitative estimate of drug-likeness (QED) is 0.514. The topological polar surface area (TPSA) is 63.7 Å². The first kappa shape index (κ1) is 17.0. The number of alkyl halides is 3. The van der Waals surface area contributed by atoms with E-state index >= 15 is 0 Å². The Hall–Kier alpha value is -3.49. The molecule has 136 valence electrons. The predicted octanol–water partition coefficient (Wildman–Crippen LogP) is 4.97. The number of fused-ring (bicyclic) bond motifs is 1. The molecule has 2 heterocycles. The van der Waals surface area contributed by atoms with E-state index in [1.165, 1.54) is 24.4 Å². The summed E-state index contributed by atoms with van der Waals surface area (Å²) in [5.41, 5.74) is 0.627. The highest BCUT2D eigenvalue weighted by Gasteiger charge is 2.30. The van der Waals surface area contributed by atoms with E-state index in [1.54, 1.807) is 18.2 Å². The zero-order valence-electron chi connectivity index (χ0n) is 13.5. The lowest BCUT2D eigenvalue weighted by Gasteiger charge is -2.11. The monoisotopic (exact) mass is 374 g/mol. The zero-order valence-corrected chi connectivity index (χ0v) is 13.5. The highest BCUT2D eigenvalue weighted by atomic mass is 19.4. The number of pyridine rings is 1. The molecule has 0 fully saturated rings. The van der Waals surface area contributed by atoms with Crippen LogP contribution in [0.2, 0.25) is 0 Å². The third-order valence-corrected chi connectivity index (χ3v) is 3.87. The Balaban J connectivity index is 1.70. The molecule has 5 nitrogen and oxygen atoms in total. The van der Waals surface area contributed by atoms with E-state index in [0.717, 1.165) is 12.1 Å². The van der Waals surface area contributed by atoms with Crippen LogP contribution in [0, 0.1) is 5.82 Å². The first-order chi connectivity index (χ1) is 12.9. The standard InChI is InChI=1S/C18H10F4N4O/c19-14-8-10(9-15-16(14)25-26-24-15)13-2-1-7-23-17(13)27-12-5-3-11(4-6-12)18(20,21)22/h1-9H,(H,24,25,26). The molecule has 0 saturated carbocycles. The maximum Gasteiger partial charge on any atom is 0.416 e. The van der Waals surface area contributed by atoms with Gasteiger partial charge in [-0.3, -0.25) is 5.10 Å². The van der Waals surface area contributed by atoms with Crippen LogP contribution in [-0.2, 0) is 6.18 Å². The van der Waals surface area contributed by atoms with Crippen molar-refractivity contribution in [2.24, 2.45) is 0 Å². The van der Waals surface area contributed by atoms with Crippen molar-refractivity contribution in [2.75, 3.05) is 0 Å². The van der Waals surface area contributed by atoms with Crippen LogP contribution in [0.5, 0.6) is 11.6 Å². The Morgan fingerprint density at radius 2 is 1.78 bits per heavy atom. The summed E-state index contributed by atoms with van der Waals surface area (Å²) in [4.78, 5) is 4.11. The average Bonchev–Trinajstić information content (AvgIpc) is 3.11. The molecule has 0 aliphatic heterocycles. The van der Waals surface area contributed by atoms with Crippen LogP contribution in [-0.4, -0.2) is 20.4 Å². The van der Waals surface area contributed by atoms with E-state index in [0.29, 0.717) is 16.6 Å². The van der Waals surface area contributed by atoms with Gasteiger partial charge in [-0.2, -0.15) is 13.2 Å². The van der Waals surface area contributed by atoms with Gasteiger partial charge in [0.05, 0.1) is 5.56 Å². The van der Waals surface area contributed by atoms with Crippen molar-refractivity contribution >= 4 is 11.0 Å². The minimum atomic E-state index is -4.43. The Morgan fingerprint density at radius 1 is 1.00 bits per heavy atom. The van der Waals surface area contributed by atoms with Crippen molar-refractivity contribution < 1.29 is 22.3 Å². The molecule has 9 heteroatoms. The smallest absolute Gasteiger partial charge is 0.416 e. The van der Waals surface area contributed by atoms with Crippen molar-refractivity contribution in [3.05, 3.63) is 66.1 Å². The molecule has 4 aromatic rings. The van der Waals surface area contributed by atoms with Crippen molar-refractivity contribution in [1.82, 2.24) is 20.4 Å². The minimum absolute atomic E-state index is 0.125. The van der Waals surface area contributed by atoms with Gasteiger partial charge in [-0.1, -0.05) is 5.21 Å². The lowest BCUT2D eigenvalue weighted by atomic mass is 10.1. The minimum Gasteiger partial charge on any atom is -0.438 e. The molecule has 2 aromatic heterocycles. The molecule has 0 aliphatic carbocycles. The fourth-order valence-electron chi connectivity index (χ4n) is 2.58. The Morgan fingerprint density at radius 3 is 2.52 bits per heavy atom. The van der Waals surface area contributed by atoms with Gasteiger partial charge in [0.2, 0.25) is 5.88 Å². The highest BCUT2D eigenvalue weighted by molar-refractivity contribution is 5.82. The van der Waals surface area contributed by atoms with E-state index < -0.39 is 17.6 Å². The van der Waals surface area contributed by atoms with Crippen molar-refractivity contribution in [3.63, 3.8) is 0 Å². The molecular formula is C18H10F4N4O. The van der Waals surface area contributed by atoms with Crippen molar-refractivity contribution in [3.8, 4) is 22.8 Å². The molecule has 0 bridgehead atoms. The van der Waals surface area contributed by atoms with Gasteiger partial charge in [0.25, 0.3) is 0 Å². The largest absolute Gasteiger partial charge is 0.438 e. The second kappa shape index (κ2) is 6.35. The maximum absolute atomic E-state index is 14.2. The molecule has 0 aliphatic rings. The lowest BCUT2D eigenvalue weighted by molar-refractivity contribution is -0.137. The summed E-state index contributed by atoms with van der Waals surface area (Å²) in [6, 6.07) is 10.4. The summed E-state index contributed by atoms with van der Waals surface area (Å²) in [6.07, 6.45) is -2.97. The van der Waals surface area contributed by atoms with E-state index in [4.69, 9.17) is 4.74 Å². The number of benzene rings is 2. The van der Waals surface area contributed by atoms with Crippen molar-refractivity contribution in [2.45, 2.75) is 6.18 Å². The van der Waals surface area contributed by atoms with Crippen LogP contribution >= 0.6 is 0 Å². The Kier molecular flexibility index (Phi) is 3.98. The summed E-state index contributed by atoms with van der Waals surface area (Å²) in [5, 5.41) is 9.82. The SMILES string of the molecule is Fc1cc(-c2cccnc2Oc2ccc(C(F)(F)F)cc2)cc2nn[nH]c12. The number of aromatic nitrogens is 4. The molecule has 4 rings (SSSR count). The number of halogens is 4. The molecule has 0 saturated heterocycles. The number of nitrogens with zero attached hydrogens (tertiary/aromatic N) is 3. The predicted molar refractivity (Wildman–Crippen MR) is 88.6 cm³/mol. The molecule has 1 N–H and O–H groups in total. The van der Waals surface area contributed by atoms with Gasteiger partial charge in [-0.25, -0.2) is 9.37 Å². The number of aromatic amines is 1. The van der Waals surface area contributed by atoms with Gasteiger partial charge in [0.1, 0.15) is 16.8 Å². The third-order valence-electron chi connectivity index (χ3n) is 3.87. The number of rotatable bonds is 3. The number of hydrogen-bond acceptors (Lipinski definition) is 4. The van der Waals surface area contributed by atoms with Gasteiger partial charge in [-0.05, 0) is 54.1 Å². The summed E-state index contributed by atoms with van der Waals surface area (Å²) in [7, 11) is 0.